The standard InChI is InChI=1S/C24H32N2O4/c1-23(2,3)30-22(28)26-15-11-24(12-16-26)9-13-25(14-10-24)19-17-29-21(27)20(19)18-7-5-4-6-8-18/h4-8H,9-17H2,1-3H3. The molecule has 1 amide bonds. The quantitative estimate of drug-likeness (QED) is 0.686. The van der Waals surface area contributed by atoms with Crippen molar-refractivity contribution in [3.8, 4) is 0 Å². The fourth-order valence-corrected chi connectivity index (χ4v) is 4.78. The summed E-state index contributed by atoms with van der Waals surface area (Å²) in [6, 6.07) is 9.81. The van der Waals surface area contributed by atoms with E-state index in [-0.39, 0.29) is 17.5 Å². The predicted molar refractivity (Wildman–Crippen MR) is 115 cm³/mol. The zero-order chi connectivity index (χ0) is 21.4. The summed E-state index contributed by atoms with van der Waals surface area (Å²) in [5.41, 5.74) is 2.49. The third kappa shape index (κ3) is 4.32. The Labute approximate surface area is 178 Å². The van der Waals surface area contributed by atoms with Crippen LogP contribution >= 0.6 is 0 Å². The number of carbonyl (C=O) groups excluding carboxylic acids is 2. The van der Waals surface area contributed by atoms with Crippen molar-refractivity contribution in [1.82, 2.24) is 9.80 Å². The highest BCUT2D eigenvalue weighted by Gasteiger charge is 2.41. The lowest BCUT2D eigenvalue weighted by Crippen LogP contribution is -2.49. The maximum absolute atomic E-state index is 12.4. The first-order valence-corrected chi connectivity index (χ1v) is 10.9. The number of benzene rings is 1. The van der Waals surface area contributed by atoms with Crippen LogP contribution in [0.15, 0.2) is 36.0 Å². The molecule has 1 aromatic carbocycles. The van der Waals surface area contributed by atoms with E-state index in [9.17, 15) is 9.59 Å². The molecular weight excluding hydrogens is 380 g/mol. The van der Waals surface area contributed by atoms with Crippen LogP contribution in [0.5, 0.6) is 0 Å². The van der Waals surface area contributed by atoms with Crippen LogP contribution in [0, 0.1) is 5.41 Å². The van der Waals surface area contributed by atoms with E-state index >= 15 is 0 Å². The SMILES string of the molecule is CC(C)(C)OC(=O)N1CCC2(CC1)CCN(C1=C(c3ccccc3)C(=O)OC1)CC2. The van der Waals surface area contributed by atoms with Crippen molar-refractivity contribution in [2.75, 3.05) is 32.8 Å². The topological polar surface area (TPSA) is 59.1 Å². The summed E-state index contributed by atoms with van der Waals surface area (Å²) in [6.45, 7) is 9.45. The van der Waals surface area contributed by atoms with Gasteiger partial charge in [-0.2, -0.15) is 0 Å². The van der Waals surface area contributed by atoms with Crippen LogP contribution in [0.1, 0.15) is 52.0 Å². The molecule has 0 aromatic heterocycles. The van der Waals surface area contributed by atoms with Gasteiger partial charge in [0.15, 0.2) is 0 Å². The van der Waals surface area contributed by atoms with E-state index in [4.69, 9.17) is 9.47 Å². The summed E-state index contributed by atoms with van der Waals surface area (Å²) in [7, 11) is 0. The molecule has 4 rings (SSSR count). The molecule has 2 saturated heterocycles. The first-order chi connectivity index (χ1) is 14.3. The molecule has 3 aliphatic heterocycles. The molecule has 1 spiro atoms. The van der Waals surface area contributed by atoms with E-state index in [0.29, 0.717) is 12.2 Å². The number of nitrogens with zero attached hydrogens (tertiary/aromatic N) is 2. The highest BCUT2D eigenvalue weighted by Crippen LogP contribution is 2.43. The minimum atomic E-state index is -0.456. The first-order valence-electron chi connectivity index (χ1n) is 10.9. The van der Waals surface area contributed by atoms with Crippen LogP contribution < -0.4 is 0 Å². The number of ether oxygens (including phenoxy) is 2. The fraction of sp³-hybridized carbons (Fsp3) is 0.583. The predicted octanol–water partition coefficient (Wildman–Crippen LogP) is 4.07. The number of piperidine rings is 2. The summed E-state index contributed by atoms with van der Waals surface area (Å²) in [5, 5.41) is 0. The van der Waals surface area contributed by atoms with E-state index in [2.05, 4.69) is 4.90 Å². The zero-order valence-corrected chi connectivity index (χ0v) is 18.3. The highest BCUT2D eigenvalue weighted by molar-refractivity contribution is 6.19. The average Bonchev–Trinajstić information content (AvgIpc) is 3.10. The Balaban J connectivity index is 1.38. The molecule has 2 fully saturated rings. The molecule has 6 nitrogen and oxygen atoms in total. The Kier molecular flexibility index (Phi) is 5.51. The lowest BCUT2D eigenvalue weighted by molar-refractivity contribution is -0.134. The number of cyclic esters (lactones) is 1. The Morgan fingerprint density at radius 1 is 1.00 bits per heavy atom. The second kappa shape index (κ2) is 7.97. The second-order valence-corrected chi connectivity index (χ2v) is 9.72. The molecule has 0 bridgehead atoms. The maximum Gasteiger partial charge on any atom is 0.410 e. The van der Waals surface area contributed by atoms with Crippen LogP contribution in [0.25, 0.3) is 5.57 Å². The second-order valence-electron chi connectivity index (χ2n) is 9.72. The van der Waals surface area contributed by atoms with E-state index in [0.717, 1.165) is 63.1 Å². The van der Waals surface area contributed by atoms with Gasteiger partial charge in [-0.05, 0) is 57.4 Å². The van der Waals surface area contributed by atoms with Gasteiger partial charge in [-0.15, -0.1) is 0 Å². The van der Waals surface area contributed by atoms with Gasteiger partial charge in [-0.3, -0.25) is 0 Å². The van der Waals surface area contributed by atoms with Gasteiger partial charge in [0.1, 0.15) is 12.2 Å². The van der Waals surface area contributed by atoms with Gasteiger partial charge in [0.25, 0.3) is 0 Å². The highest BCUT2D eigenvalue weighted by atomic mass is 16.6. The van der Waals surface area contributed by atoms with E-state index in [1.807, 2.05) is 56.0 Å². The van der Waals surface area contributed by atoms with Gasteiger partial charge in [0.05, 0.1) is 11.3 Å². The molecular formula is C24H32N2O4. The normalized spacial score (nSPS) is 21.8. The van der Waals surface area contributed by atoms with E-state index in [1.54, 1.807) is 0 Å². The number of carbonyl (C=O) groups is 2. The summed E-state index contributed by atoms with van der Waals surface area (Å²) < 4.78 is 10.9. The number of hydrogen-bond donors (Lipinski definition) is 0. The zero-order valence-electron chi connectivity index (χ0n) is 18.3. The molecule has 0 radical (unpaired) electrons. The van der Waals surface area contributed by atoms with E-state index < -0.39 is 5.60 Å². The molecule has 6 heteroatoms. The Bertz CT molecular complexity index is 823. The molecule has 0 atom stereocenters. The van der Waals surface area contributed by atoms with Crippen molar-refractivity contribution in [2.24, 2.45) is 5.41 Å². The average molecular weight is 413 g/mol. The summed E-state index contributed by atoms with van der Waals surface area (Å²) in [5.74, 6) is -0.220. The molecule has 162 valence electrons. The number of amides is 1. The molecule has 30 heavy (non-hydrogen) atoms. The van der Waals surface area contributed by atoms with Crippen LogP contribution in [-0.4, -0.2) is 60.2 Å². The van der Waals surface area contributed by atoms with Crippen LogP contribution in [0.4, 0.5) is 4.79 Å². The van der Waals surface area contributed by atoms with Crippen molar-refractivity contribution in [2.45, 2.75) is 52.1 Å². The minimum Gasteiger partial charge on any atom is -0.456 e. The lowest BCUT2D eigenvalue weighted by atomic mass is 9.71. The molecule has 0 saturated carbocycles. The van der Waals surface area contributed by atoms with Crippen LogP contribution in [-0.2, 0) is 14.3 Å². The first kappa shape index (κ1) is 20.8. The molecule has 0 aliphatic carbocycles. The summed E-state index contributed by atoms with van der Waals surface area (Å²) in [4.78, 5) is 28.9. The van der Waals surface area contributed by atoms with Gasteiger partial charge >= 0.3 is 12.1 Å². The van der Waals surface area contributed by atoms with Crippen LogP contribution in [0.2, 0.25) is 0 Å². The van der Waals surface area contributed by atoms with Crippen molar-refractivity contribution in [1.29, 1.82) is 0 Å². The summed E-state index contributed by atoms with van der Waals surface area (Å²) in [6.07, 6.45) is 3.98. The van der Waals surface area contributed by atoms with Gasteiger partial charge in [0, 0.05) is 26.2 Å². The smallest absolute Gasteiger partial charge is 0.410 e. The molecule has 0 unspecified atom stereocenters. The van der Waals surface area contributed by atoms with Crippen molar-refractivity contribution >= 4 is 17.6 Å². The van der Waals surface area contributed by atoms with Gasteiger partial charge in [0.2, 0.25) is 0 Å². The fourth-order valence-electron chi connectivity index (χ4n) is 4.78. The maximum atomic E-state index is 12.4. The van der Waals surface area contributed by atoms with Gasteiger partial charge in [-0.25, -0.2) is 9.59 Å². The Morgan fingerprint density at radius 3 is 2.20 bits per heavy atom. The largest absolute Gasteiger partial charge is 0.456 e. The molecule has 1 aromatic rings. The van der Waals surface area contributed by atoms with E-state index in [1.165, 1.54) is 0 Å². The third-order valence-electron chi connectivity index (χ3n) is 6.58. The number of likely N-dealkylation sites (tertiary alicyclic amines) is 2. The molecule has 0 N–H and O–H groups in total. The van der Waals surface area contributed by atoms with Gasteiger partial charge in [-0.1, -0.05) is 30.3 Å². The monoisotopic (exact) mass is 412 g/mol. The number of rotatable bonds is 2. The van der Waals surface area contributed by atoms with Crippen LogP contribution in [0.3, 0.4) is 0 Å². The minimum absolute atomic E-state index is 0.200. The Morgan fingerprint density at radius 2 is 1.60 bits per heavy atom. The molecule has 3 aliphatic rings. The number of hydrogen-bond acceptors (Lipinski definition) is 5. The Hall–Kier alpha value is -2.50. The lowest BCUT2D eigenvalue weighted by Gasteiger charge is -2.47. The van der Waals surface area contributed by atoms with Crippen molar-refractivity contribution in [3.05, 3.63) is 41.6 Å². The summed E-state index contributed by atoms with van der Waals surface area (Å²) >= 11 is 0. The molecule has 3 heterocycles. The van der Waals surface area contributed by atoms with Gasteiger partial charge < -0.3 is 19.3 Å². The third-order valence-corrected chi connectivity index (χ3v) is 6.58. The van der Waals surface area contributed by atoms with Crippen molar-refractivity contribution in [3.63, 3.8) is 0 Å². The van der Waals surface area contributed by atoms with Crippen molar-refractivity contribution < 1.29 is 19.1 Å². The number of esters is 1.